The number of anilines is 1. The molecule has 2 aliphatic heterocycles. The van der Waals surface area contributed by atoms with E-state index in [2.05, 4.69) is 64.2 Å². The Morgan fingerprint density at radius 3 is 2.47 bits per heavy atom. The van der Waals surface area contributed by atoms with Crippen molar-refractivity contribution in [2.45, 2.75) is 83.0 Å². The van der Waals surface area contributed by atoms with Crippen molar-refractivity contribution in [3.63, 3.8) is 0 Å². The summed E-state index contributed by atoms with van der Waals surface area (Å²) in [6, 6.07) is 23.5. The van der Waals surface area contributed by atoms with Crippen molar-refractivity contribution in [2.24, 2.45) is 0 Å². The van der Waals surface area contributed by atoms with E-state index in [9.17, 15) is 19.2 Å². The van der Waals surface area contributed by atoms with Gasteiger partial charge in [-0.25, -0.2) is 9.78 Å². The molecule has 8 rings (SSSR count). The lowest BCUT2D eigenvalue weighted by Gasteiger charge is -2.29. The summed E-state index contributed by atoms with van der Waals surface area (Å²) in [4.78, 5) is 66.5. The number of carbonyl (C=O) groups is 4. The van der Waals surface area contributed by atoms with Crippen molar-refractivity contribution in [1.82, 2.24) is 25.1 Å². The van der Waals surface area contributed by atoms with Gasteiger partial charge in [-0.2, -0.15) is 0 Å². The number of hydrogen-bond acceptors (Lipinski definition) is 7. The Morgan fingerprint density at radius 2 is 1.69 bits per heavy atom. The summed E-state index contributed by atoms with van der Waals surface area (Å²) in [5, 5.41) is 7.68. The normalized spacial score (nSPS) is 18.4. The van der Waals surface area contributed by atoms with Gasteiger partial charge in [-0.15, -0.1) is 11.3 Å². The first-order chi connectivity index (χ1) is 28.2. The number of aromatic amines is 1. The van der Waals surface area contributed by atoms with Crippen LogP contribution in [0.3, 0.4) is 0 Å². The highest BCUT2D eigenvalue weighted by Gasteiger charge is 2.39. The molecule has 0 bridgehead atoms. The minimum Gasteiger partial charge on any atom is -0.447 e. The Bertz CT molecular complexity index is 2360. The maximum atomic E-state index is 13.9. The summed E-state index contributed by atoms with van der Waals surface area (Å²) < 4.78 is 5.28. The first-order valence-corrected chi connectivity index (χ1v) is 21.0. The average molecular weight is 797 g/mol. The SMILES string of the molecule is CC(C)OC(=O)N[C@@H](C(=O)N1CCC[C@H]1C(=O)Nc1ccc2[nH]c(-c3ccc(-c4cnc([C@@H]5CCCN5C(=O)CC5=CCCC=C5)s4)cc3)cc2c1)c1ccccc1. The van der Waals surface area contributed by atoms with Crippen LogP contribution in [0.4, 0.5) is 10.5 Å². The lowest BCUT2D eigenvalue weighted by atomic mass is 10.0. The van der Waals surface area contributed by atoms with Gasteiger partial charge in [-0.1, -0.05) is 72.8 Å². The van der Waals surface area contributed by atoms with Crippen LogP contribution in [0.5, 0.6) is 0 Å². The second kappa shape index (κ2) is 17.2. The van der Waals surface area contributed by atoms with E-state index >= 15 is 0 Å². The van der Waals surface area contributed by atoms with E-state index < -0.39 is 18.2 Å². The number of H-pyrrole nitrogens is 1. The van der Waals surface area contributed by atoms with Crippen LogP contribution in [0.25, 0.3) is 32.6 Å². The number of likely N-dealkylation sites (tertiary alicyclic amines) is 2. The van der Waals surface area contributed by atoms with Gasteiger partial charge in [0.15, 0.2) is 0 Å². The zero-order chi connectivity index (χ0) is 40.2. The van der Waals surface area contributed by atoms with Gasteiger partial charge >= 0.3 is 6.09 Å². The van der Waals surface area contributed by atoms with Crippen molar-refractivity contribution >= 4 is 51.7 Å². The second-order valence-corrected chi connectivity index (χ2v) is 16.5. The van der Waals surface area contributed by atoms with Crippen LogP contribution >= 0.6 is 11.3 Å². The predicted molar refractivity (Wildman–Crippen MR) is 227 cm³/mol. The Kier molecular flexibility index (Phi) is 11.5. The number of nitrogens with zero attached hydrogens (tertiary/aromatic N) is 3. The van der Waals surface area contributed by atoms with E-state index in [1.165, 1.54) is 0 Å². The van der Waals surface area contributed by atoms with Gasteiger partial charge in [-0.3, -0.25) is 14.4 Å². The topological polar surface area (TPSA) is 137 Å². The fourth-order valence-electron chi connectivity index (χ4n) is 8.15. The van der Waals surface area contributed by atoms with Crippen LogP contribution in [0.15, 0.2) is 109 Å². The Balaban J connectivity index is 0.918. The van der Waals surface area contributed by atoms with Crippen molar-refractivity contribution < 1.29 is 23.9 Å². The smallest absolute Gasteiger partial charge is 0.408 e. The van der Waals surface area contributed by atoms with E-state index in [0.29, 0.717) is 37.1 Å². The fraction of sp³-hybridized carbons (Fsp3) is 0.326. The summed E-state index contributed by atoms with van der Waals surface area (Å²) in [5.41, 5.74) is 6.32. The first-order valence-electron chi connectivity index (χ1n) is 20.2. The predicted octanol–water partition coefficient (Wildman–Crippen LogP) is 9.09. The van der Waals surface area contributed by atoms with Crippen LogP contribution in [0, 0.1) is 0 Å². The number of nitrogens with one attached hydrogen (secondary N) is 3. The average Bonchev–Trinajstić information content (AvgIpc) is 4.07. The summed E-state index contributed by atoms with van der Waals surface area (Å²) >= 11 is 1.66. The molecule has 3 N–H and O–H groups in total. The lowest BCUT2D eigenvalue weighted by Crippen LogP contribution is -2.48. The number of ether oxygens (including phenoxy) is 1. The van der Waals surface area contributed by atoms with E-state index in [-0.39, 0.29) is 29.9 Å². The van der Waals surface area contributed by atoms with Gasteiger partial charge in [0, 0.05) is 41.6 Å². The Morgan fingerprint density at radius 1 is 0.914 bits per heavy atom. The molecule has 0 radical (unpaired) electrons. The molecular formula is C46H48N6O5S. The van der Waals surface area contributed by atoms with Crippen LogP contribution in [0.1, 0.15) is 81.4 Å². The summed E-state index contributed by atoms with van der Waals surface area (Å²) in [5.74, 6) is -0.457. The number of fused-ring (bicyclic) bond motifs is 1. The maximum absolute atomic E-state index is 13.9. The zero-order valence-electron chi connectivity index (χ0n) is 32.8. The molecule has 2 saturated heterocycles. The highest BCUT2D eigenvalue weighted by atomic mass is 32.1. The number of aromatic nitrogens is 2. The Labute approximate surface area is 342 Å². The monoisotopic (exact) mass is 796 g/mol. The highest BCUT2D eigenvalue weighted by molar-refractivity contribution is 7.15. The molecule has 4 heterocycles. The van der Waals surface area contributed by atoms with Crippen molar-refractivity contribution in [3.8, 4) is 21.7 Å². The molecule has 5 aromatic rings. The van der Waals surface area contributed by atoms with Crippen LogP contribution in [-0.4, -0.2) is 68.8 Å². The van der Waals surface area contributed by atoms with E-state index in [1.807, 2.05) is 35.4 Å². The second-order valence-electron chi connectivity index (χ2n) is 15.4. The van der Waals surface area contributed by atoms with Gasteiger partial charge in [-0.05, 0) is 98.9 Å². The molecule has 12 heteroatoms. The van der Waals surface area contributed by atoms with Crippen molar-refractivity contribution in [1.29, 1.82) is 0 Å². The van der Waals surface area contributed by atoms with Crippen molar-refractivity contribution in [2.75, 3.05) is 18.4 Å². The molecule has 0 spiro atoms. The molecule has 3 aliphatic rings. The van der Waals surface area contributed by atoms with Crippen molar-refractivity contribution in [3.05, 3.63) is 119 Å². The van der Waals surface area contributed by atoms with E-state index in [0.717, 1.165) is 75.4 Å². The molecule has 0 unspecified atom stereocenters. The number of alkyl carbamates (subject to hydrolysis) is 1. The standard InChI is InChI=1S/C46H48N6O5S/c1-29(2)57-46(56)50-42(33-13-7-4-8-14-33)45(55)52-24-9-15-38(52)43(54)48-35-21-22-36-34(26-35)27-37(49-36)31-17-19-32(20-18-31)40-28-47-44(58-40)39-16-10-23-51(39)41(53)25-30-11-5-3-6-12-30/h4-5,7-8,11-14,17-22,26-29,38-39,42,49H,3,6,9-10,15-16,23-25H2,1-2H3,(H,48,54)(H,50,56)/t38-,39-,42+/m0/s1. The molecule has 4 amide bonds. The molecule has 0 saturated carbocycles. The summed E-state index contributed by atoms with van der Waals surface area (Å²) in [6.07, 6.45) is 12.9. The third-order valence-electron chi connectivity index (χ3n) is 11.0. The maximum Gasteiger partial charge on any atom is 0.408 e. The molecule has 1 aliphatic carbocycles. The highest BCUT2D eigenvalue weighted by Crippen LogP contribution is 2.39. The summed E-state index contributed by atoms with van der Waals surface area (Å²) in [7, 11) is 0. The largest absolute Gasteiger partial charge is 0.447 e. The number of hydrogen-bond donors (Lipinski definition) is 3. The number of benzene rings is 3. The van der Waals surface area contributed by atoms with E-state index in [4.69, 9.17) is 9.72 Å². The zero-order valence-corrected chi connectivity index (χ0v) is 33.6. The number of thiazole rings is 1. The molecule has 298 valence electrons. The van der Waals surface area contributed by atoms with Crippen LogP contribution < -0.4 is 10.6 Å². The number of amides is 4. The minimum absolute atomic E-state index is 0.0236. The number of carbonyl (C=O) groups excluding carboxylic acids is 4. The summed E-state index contributed by atoms with van der Waals surface area (Å²) in [6.45, 7) is 4.66. The third-order valence-corrected chi connectivity index (χ3v) is 12.1. The number of rotatable bonds is 11. The Hall–Kier alpha value is -6.01. The van der Waals surface area contributed by atoms with Gasteiger partial charge in [0.1, 0.15) is 17.1 Å². The number of allylic oxidation sites excluding steroid dienone is 3. The van der Waals surface area contributed by atoms with Gasteiger partial charge in [0.2, 0.25) is 11.8 Å². The molecule has 2 aromatic heterocycles. The van der Waals surface area contributed by atoms with Gasteiger partial charge in [0.05, 0.1) is 23.4 Å². The quantitative estimate of drug-likeness (QED) is 0.122. The van der Waals surface area contributed by atoms with Gasteiger partial charge in [0.25, 0.3) is 5.91 Å². The molecular weight excluding hydrogens is 749 g/mol. The third kappa shape index (κ3) is 8.62. The molecule has 3 atom stereocenters. The fourth-order valence-corrected chi connectivity index (χ4v) is 9.22. The molecule has 2 fully saturated rings. The molecule has 3 aromatic carbocycles. The van der Waals surface area contributed by atoms with Crippen LogP contribution in [-0.2, 0) is 19.1 Å². The van der Waals surface area contributed by atoms with Gasteiger partial charge < -0.3 is 30.2 Å². The molecule has 58 heavy (non-hydrogen) atoms. The molecule has 11 nitrogen and oxygen atoms in total. The van der Waals surface area contributed by atoms with Crippen LogP contribution in [0.2, 0.25) is 0 Å². The first kappa shape index (κ1) is 38.8. The lowest BCUT2D eigenvalue weighted by molar-refractivity contribution is -0.138. The van der Waals surface area contributed by atoms with E-state index in [1.54, 1.807) is 54.3 Å². The minimum atomic E-state index is -0.990.